The molecule has 0 atom stereocenters. The summed E-state index contributed by atoms with van der Waals surface area (Å²) in [5.74, 6) is -0.204. The molecule has 0 saturated heterocycles. The molecule has 2 rings (SSSR count). The molecule has 4 nitrogen and oxygen atoms in total. The minimum atomic E-state index is -0.113. The van der Waals surface area contributed by atoms with Crippen molar-refractivity contribution in [2.75, 3.05) is 29.9 Å². The van der Waals surface area contributed by atoms with E-state index in [4.69, 9.17) is 0 Å². The zero-order valence-corrected chi connectivity index (χ0v) is 10.1. The summed E-state index contributed by atoms with van der Waals surface area (Å²) in [5, 5.41) is 0. The maximum Gasteiger partial charge on any atom is 0.234 e. The summed E-state index contributed by atoms with van der Waals surface area (Å²) in [4.78, 5) is 26.8. The highest BCUT2D eigenvalue weighted by molar-refractivity contribution is 6.06. The maximum absolute atomic E-state index is 12.0. The van der Waals surface area contributed by atoms with Crippen molar-refractivity contribution in [2.45, 2.75) is 13.3 Å². The van der Waals surface area contributed by atoms with E-state index in [1.807, 2.05) is 31.3 Å². The molecule has 0 unspecified atom stereocenters. The Morgan fingerprint density at radius 3 is 2.47 bits per heavy atom. The normalized spacial score (nSPS) is 14.5. The van der Waals surface area contributed by atoms with E-state index in [2.05, 4.69) is 4.90 Å². The van der Waals surface area contributed by atoms with Crippen LogP contribution >= 0.6 is 0 Å². The SMILES string of the molecule is CC(=O)CC(=O)N1CCN(C)c2ccccc21. The molecule has 90 valence electrons. The zero-order chi connectivity index (χ0) is 12.4. The standard InChI is InChI=1S/C13H16N2O2/c1-10(16)9-13(17)15-8-7-14(2)11-5-3-4-6-12(11)15/h3-6H,7-9H2,1-2H3. The second-order valence-electron chi connectivity index (χ2n) is 4.33. The summed E-state index contributed by atoms with van der Waals surface area (Å²) in [6.45, 7) is 2.88. The molecule has 0 radical (unpaired) electrons. The maximum atomic E-state index is 12.0. The Morgan fingerprint density at radius 2 is 1.82 bits per heavy atom. The fourth-order valence-electron chi connectivity index (χ4n) is 2.07. The van der Waals surface area contributed by atoms with E-state index in [0.29, 0.717) is 6.54 Å². The molecule has 1 heterocycles. The van der Waals surface area contributed by atoms with Gasteiger partial charge in [-0.15, -0.1) is 0 Å². The van der Waals surface area contributed by atoms with Gasteiger partial charge in [0.2, 0.25) is 5.91 Å². The second-order valence-corrected chi connectivity index (χ2v) is 4.33. The quantitative estimate of drug-likeness (QED) is 0.725. The zero-order valence-electron chi connectivity index (χ0n) is 10.1. The number of likely N-dealkylation sites (N-methyl/N-ethyl adjacent to an activating group) is 1. The first-order valence-electron chi connectivity index (χ1n) is 5.69. The van der Waals surface area contributed by atoms with E-state index >= 15 is 0 Å². The molecule has 0 N–H and O–H groups in total. The summed E-state index contributed by atoms with van der Waals surface area (Å²) in [7, 11) is 2.01. The predicted molar refractivity (Wildman–Crippen MR) is 67.4 cm³/mol. The van der Waals surface area contributed by atoms with Gasteiger partial charge in [-0.1, -0.05) is 12.1 Å². The number of hydrogen-bond donors (Lipinski definition) is 0. The third kappa shape index (κ3) is 2.30. The molecule has 0 fully saturated rings. The summed E-state index contributed by atoms with van der Waals surface area (Å²) in [6, 6.07) is 7.77. The molecule has 17 heavy (non-hydrogen) atoms. The molecule has 0 aliphatic carbocycles. The lowest BCUT2D eigenvalue weighted by Gasteiger charge is -2.35. The fourth-order valence-corrected chi connectivity index (χ4v) is 2.07. The van der Waals surface area contributed by atoms with Crippen molar-refractivity contribution in [1.82, 2.24) is 0 Å². The van der Waals surface area contributed by atoms with E-state index in [0.717, 1.165) is 17.9 Å². The Balaban J connectivity index is 2.30. The third-order valence-corrected chi connectivity index (χ3v) is 2.94. The number of carbonyl (C=O) groups is 2. The van der Waals surface area contributed by atoms with Crippen LogP contribution in [0.4, 0.5) is 11.4 Å². The molecule has 0 bridgehead atoms. The first kappa shape index (κ1) is 11.6. The number of fused-ring (bicyclic) bond motifs is 1. The monoisotopic (exact) mass is 232 g/mol. The van der Waals surface area contributed by atoms with Gasteiger partial charge in [0.05, 0.1) is 17.8 Å². The van der Waals surface area contributed by atoms with Crippen molar-refractivity contribution in [3.63, 3.8) is 0 Å². The average molecular weight is 232 g/mol. The largest absolute Gasteiger partial charge is 0.371 e. The molecular weight excluding hydrogens is 216 g/mol. The Kier molecular flexibility index (Phi) is 3.13. The van der Waals surface area contributed by atoms with E-state index in [1.54, 1.807) is 4.90 Å². The van der Waals surface area contributed by atoms with Gasteiger partial charge in [-0.2, -0.15) is 0 Å². The van der Waals surface area contributed by atoms with E-state index in [9.17, 15) is 9.59 Å². The lowest BCUT2D eigenvalue weighted by Crippen LogP contribution is -2.43. The minimum Gasteiger partial charge on any atom is -0.371 e. The molecule has 1 amide bonds. The first-order valence-corrected chi connectivity index (χ1v) is 5.69. The molecule has 1 aromatic rings. The average Bonchev–Trinajstić information content (AvgIpc) is 2.29. The van der Waals surface area contributed by atoms with Gasteiger partial charge in [-0.25, -0.2) is 0 Å². The Bertz CT molecular complexity index is 456. The molecule has 4 heteroatoms. The topological polar surface area (TPSA) is 40.6 Å². The van der Waals surface area contributed by atoms with E-state index in [-0.39, 0.29) is 18.1 Å². The van der Waals surface area contributed by atoms with Crippen LogP contribution in [0.25, 0.3) is 0 Å². The van der Waals surface area contributed by atoms with Crippen molar-refractivity contribution in [1.29, 1.82) is 0 Å². The van der Waals surface area contributed by atoms with Crippen LogP contribution in [-0.2, 0) is 9.59 Å². The number of benzene rings is 1. The highest BCUT2D eigenvalue weighted by atomic mass is 16.2. The number of Topliss-reactive ketones (excluding diaryl/α,β-unsaturated/α-hetero) is 1. The summed E-state index contributed by atoms with van der Waals surface area (Å²) in [5.41, 5.74) is 1.93. The van der Waals surface area contributed by atoms with Crippen LogP contribution < -0.4 is 9.80 Å². The van der Waals surface area contributed by atoms with Crippen LogP contribution in [-0.4, -0.2) is 31.8 Å². The third-order valence-electron chi connectivity index (χ3n) is 2.94. The predicted octanol–water partition coefficient (Wildman–Crippen LogP) is 1.45. The van der Waals surface area contributed by atoms with Crippen LogP contribution in [0.5, 0.6) is 0 Å². The van der Waals surface area contributed by atoms with Crippen molar-refractivity contribution in [3.05, 3.63) is 24.3 Å². The van der Waals surface area contributed by atoms with E-state index < -0.39 is 0 Å². The number of hydrogen-bond acceptors (Lipinski definition) is 3. The number of amides is 1. The number of rotatable bonds is 2. The van der Waals surface area contributed by atoms with E-state index in [1.165, 1.54) is 6.92 Å². The van der Waals surface area contributed by atoms with Crippen LogP contribution in [0.3, 0.4) is 0 Å². The minimum absolute atomic E-state index is 0.0158. The molecule has 1 aliphatic heterocycles. The van der Waals surface area contributed by atoms with Crippen LogP contribution in [0, 0.1) is 0 Å². The number of anilines is 2. The summed E-state index contributed by atoms with van der Waals surface area (Å²) in [6.07, 6.45) is -0.0158. The van der Waals surface area contributed by atoms with Crippen molar-refractivity contribution < 1.29 is 9.59 Å². The number of nitrogens with zero attached hydrogens (tertiary/aromatic N) is 2. The number of ketones is 1. The van der Waals surface area contributed by atoms with Gasteiger partial charge in [0.25, 0.3) is 0 Å². The Hall–Kier alpha value is -1.84. The Labute approximate surface area is 101 Å². The van der Waals surface area contributed by atoms with Crippen LogP contribution in [0.1, 0.15) is 13.3 Å². The van der Waals surface area contributed by atoms with Gasteiger partial charge in [-0.05, 0) is 19.1 Å². The molecule has 1 aliphatic rings. The van der Waals surface area contributed by atoms with Crippen molar-refractivity contribution >= 4 is 23.1 Å². The smallest absolute Gasteiger partial charge is 0.234 e. The molecule has 0 saturated carbocycles. The van der Waals surface area contributed by atoms with Crippen molar-refractivity contribution in [3.8, 4) is 0 Å². The van der Waals surface area contributed by atoms with Gasteiger partial charge < -0.3 is 9.80 Å². The van der Waals surface area contributed by atoms with Gasteiger partial charge in [0.1, 0.15) is 5.78 Å². The molecular formula is C13H16N2O2. The lowest BCUT2D eigenvalue weighted by atomic mass is 10.1. The second kappa shape index (κ2) is 4.57. The number of para-hydroxylation sites is 2. The molecule has 0 spiro atoms. The fraction of sp³-hybridized carbons (Fsp3) is 0.385. The van der Waals surface area contributed by atoms with Gasteiger partial charge in [0.15, 0.2) is 0 Å². The number of carbonyl (C=O) groups excluding carboxylic acids is 2. The summed E-state index contributed by atoms with van der Waals surface area (Å²) < 4.78 is 0. The van der Waals surface area contributed by atoms with Crippen LogP contribution in [0.2, 0.25) is 0 Å². The highest BCUT2D eigenvalue weighted by Gasteiger charge is 2.24. The van der Waals surface area contributed by atoms with Crippen molar-refractivity contribution in [2.24, 2.45) is 0 Å². The summed E-state index contributed by atoms with van der Waals surface area (Å²) >= 11 is 0. The first-order chi connectivity index (χ1) is 8.09. The van der Waals surface area contributed by atoms with Gasteiger partial charge in [0, 0.05) is 20.1 Å². The van der Waals surface area contributed by atoms with Gasteiger partial charge in [-0.3, -0.25) is 9.59 Å². The molecule has 1 aromatic carbocycles. The lowest BCUT2D eigenvalue weighted by molar-refractivity contribution is -0.125. The highest BCUT2D eigenvalue weighted by Crippen LogP contribution is 2.31. The van der Waals surface area contributed by atoms with Gasteiger partial charge >= 0.3 is 0 Å². The van der Waals surface area contributed by atoms with Crippen LogP contribution in [0.15, 0.2) is 24.3 Å². The molecule has 0 aromatic heterocycles. The Morgan fingerprint density at radius 1 is 1.18 bits per heavy atom.